The fourth-order valence-corrected chi connectivity index (χ4v) is 10.1. The zero-order chi connectivity index (χ0) is 47.2. The van der Waals surface area contributed by atoms with Crippen LogP contribution in [-0.2, 0) is 77.3 Å². The SMILES string of the molecule is CCCCCCCCCCCCCC(=O)OC[C@H](F)C1O[C@@H](OP(=O)(O)OP(O)(=S)OC[C@H]2O[C@@H](c3noc4c(N)ncnc34)[C@H](O)[C@H]2O)[C@H](OC(C)=O)[C@@H](OC(C)=O)[C@@H]1OC(C)=O. The van der Waals surface area contributed by atoms with Gasteiger partial charge in [0, 0.05) is 27.2 Å². The van der Waals surface area contributed by atoms with E-state index in [-0.39, 0.29) is 29.0 Å². The average Bonchev–Trinajstić information content (AvgIpc) is 3.76. The number of unbranched alkanes of at least 4 members (excludes halogenated alkanes) is 10. The Kier molecular flexibility index (Phi) is 20.8. The number of aromatic nitrogens is 3. The fraction of sp³-hybridized carbons (Fsp3) is 0.757. The topological polar surface area (TPSA) is 327 Å². The molecule has 0 spiro atoms. The predicted molar refractivity (Wildman–Crippen MR) is 220 cm³/mol. The first-order chi connectivity index (χ1) is 30.2. The number of hydrogen-bond donors (Lipinski definition) is 5. The summed E-state index contributed by atoms with van der Waals surface area (Å²) in [6.07, 6.45) is -6.55. The highest BCUT2D eigenvalue weighted by molar-refractivity contribution is 8.08. The minimum atomic E-state index is -5.77. The minimum Gasteiger partial charge on any atom is -0.462 e. The van der Waals surface area contributed by atoms with Crippen LogP contribution in [0.5, 0.6) is 0 Å². The Balaban J connectivity index is 1.40. The molecule has 362 valence electrons. The van der Waals surface area contributed by atoms with Crippen molar-refractivity contribution >= 4 is 67.1 Å². The van der Waals surface area contributed by atoms with Gasteiger partial charge in [-0.1, -0.05) is 76.3 Å². The van der Waals surface area contributed by atoms with Crippen molar-refractivity contribution < 1.29 is 94.4 Å². The normalized spacial score (nSPS) is 27.0. The Labute approximate surface area is 372 Å². The molecule has 2 aromatic rings. The van der Waals surface area contributed by atoms with Crippen LogP contribution >= 0.6 is 14.5 Å². The van der Waals surface area contributed by atoms with Crippen LogP contribution in [0.4, 0.5) is 10.2 Å². The van der Waals surface area contributed by atoms with Crippen molar-refractivity contribution in [1.82, 2.24) is 15.1 Å². The summed E-state index contributed by atoms with van der Waals surface area (Å²) in [4.78, 5) is 78.7. The molecular formula is C37H57FN4O19P2S. The molecule has 23 nitrogen and oxygen atoms in total. The van der Waals surface area contributed by atoms with Crippen molar-refractivity contribution in [2.45, 2.75) is 166 Å². The molecule has 64 heavy (non-hydrogen) atoms. The predicted octanol–water partition coefficient (Wildman–Crippen LogP) is 3.83. The first kappa shape index (κ1) is 53.3. The van der Waals surface area contributed by atoms with E-state index in [1.807, 2.05) is 0 Å². The lowest BCUT2D eigenvalue weighted by Crippen LogP contribution is -2.64. The molecule has 0 radical (unpaired) electrons. The summed E-state index contributed by atoms with van der Waals surface area (Å²) < 4.78 is 81.7. The summed E-state index contributed by atoms with van der Waals surface area (Å²) in [5.41, 5.74) is 5.72. The van der Waals surface area contributed by atoms with Gasteiger partial charge in [0.05, 0.1) is 6.61 Å². The Morgan fingerprint density at radius 1 is 0.859 bits per heavy atom. The summed E-state index contributed by atoms with van der Waals surface area (Å²) in [7, 11) is -5.77. The number of aliphatic hydroxyl groups is 2. The van der Waals surface area contributed by atoms with E-state index in [2.05, 4.69) is 22.0 Å². The van der Waals surface area contributed by atoms with Crippen molar-refractivity contribution in [3.63, 3.8) is 0 Å². The number of nitrogen functional groups attached to an aromatic ring is 1. The van der Waals surface area contributed by atoms with Gasteiger partial charge >= 0.3 is 38.4 Å². The van der Waals surface area contributed by atoms with E-state index in [0.717, 1.165) is 59.2 Å². The molecule has 3 unspecified atom stereocenters. The van der Waals surface area contributed by atoms with E-state index >= 15 is 4.39 Å². The molecule has 4 rings (SSSR count). The third-order valence-corrected chi connectivity index (χ3v) is 13.5. The van der Waals surface area contributed by atoms with Gasteiger partial charge in [-0.2, -0.15) is 0 Å². The molecule has 6 N–H and O–H groups in total. The van der Waals surface area contributed by atoms with Gasteiger partial charge in [0.2, 0.25) is 11.9 Å². The summed E-state index contributed by atoms with van der Waals surface area (Å²) in [6.45, 7) is -1.88. The Morgan fingerprint density at radius 3 is 2.05 bits per heavy atom. The summed E-state index contributed by atoms with van der Waals surface area (Å²) >= 11 is 4.89. The highest BCUT2D eigenvalue weighted by atomic mass is 32.5. The van der Waals surface area contributed by atoms with Crippen molar-refractivity contribution in [3.8, 4) is 0 Å². The number of hydrogen-bond acceptors (Lipinski definition) is 22. The molecule has 2 saturated heterocycles. The summed E-state index contributed by atoms with van der Waals surface area (Å²) in [5, 5.41) is 25.2. The van der Waals surface area contributed by atoms with Crippen molar-refractivity contribution in [1.29, 1.82) is 0 Å². The lowest BCUT2D eigenvalue weighted by atomic mass is 9.95. The molecule has 2 aliphatic rings. The Morgan fingerprint density at radius 2 is 1.44 bits per heavy atom. The van der Waals surface area contributed by atoms with Crippen LogP contribution in [0.3, 0.4) is 0 Å². The van der Waals surface area contributed by atoms with Crippen LogP contribution in [0.15, 0.2) is 10.9 Å². The van der Waals surface area contributed by atoms with Gasteiger partial charge in [0.25, 0.3) is 0 Å². The zero-order valence-corrected chi connectivity index (χ0v) is 38.4. The highest BCUT2D eigenvalue weighted by Gasteiger charge is 2.57. The Hall–Kier alpha value is -3.32. The second-order valence-corrected chi connectivity index (χ2v) is 19.6. The van der Waals surface area contributed by atoms with E-state index in [0.29, 0.717) is 6.42 Å². The molecule has 2 aliphatic heterocycles. The van der Waals surface area contributed by atoms with Gasteiger partial charge in [-0.3, -0.25) is 23.7 Å². The third-order valence-electron chi connectivity index (χ3n) is 9.97. The number of fused-ring (bicyclic) bond motifs is 1. The molecule has 0 bridgehead atoms. The number of phosphoric ester groups is 1. The van der Waals surface area contributed by atoms with Crippen LogP contribution in [0.2, 0.25) is 0 Å². The van der Waals surface area contributed by atoms with Gasteiger partial charge in [-0.15, -0.1) is 0 Å². The molecule has 0 aliphatic carbocycles. The smallest absolute Gasteiger partial charge is 0.462 e. The molecule has 27 heteroatoms. The average molecular weight is 975 g/mol. The van der Waals surface area contributed by atoms with E-state index in [1.165, 1.54) is 32.1 Å². The molecule has 12 atom stereocenters. The summed E-state index contributed by atoms with van der Waals surface area (Å²) in [6, 6.07) is 0. The van der Waals surface area contributed by atoms with Gasteiger partial charge < -0.3 is 63.2 Å². The van der Waals surface area contributed by atoms with Crippen molar-refractivity contribution in [3.05, 3.63) is 12.0 Å². The van der Waals surface area contributed by atoms with Crippen LogP contribution < -0.4 is 5.73 Å². The number of halogens is 1. The van der Waals surface area contributed by atoms with Crippen LogP contribution in [-0.4, -0.2) is 127 Å². The maximum absolute atomic E-state index is 16.1. The maximum Gasteiger partial charge on any atom is 0.481 e. The standard InChI is InChI=1S/C37H57FN4O19P2S/c1-5-6-7-8-9-10-11-12-13-14-15-16-25(46)52-17-23(38)30-33(54-20(2)43)34(55-21(3)44)35(56-22(4)45)37(58-30)60-62(49,50)61-63(51,64)53-18-24-28(47)29(48)31(57-24)27-26-32(59-42-27)36(39)41-19-40-26/h19,23-24,28-31,33-35,37,47-48H,5-18H2,1-4H3,(H,49,50)(H,51,64)(H2,39,40,41)/t23-,24+,28-,29+,30?,31-,33+,34-,35+,37-,63?/m0/s1. The second-order valence-electron chi connectivity index (χ2n) is 15.2. The molecular weight excluding hydrogens is 917 g/mol. The molecule has 0 saturated carbocycles. The first-order valence-corrected chi connectivity index (χ1v) is 24.9. The van der Waals surface area contributed by atoms with Crippen LogP contribution in [0.25, 0.3) is 11.1 Å². The lowest BCUT2D eigenvalue weighted by Gasteiger charge is -2.45. The number of nitrogens with zero attached hydrogens (tertiary/aromatic N) is 3. The molecule has 0 amide bonds. The molecule has 2 fully saturated rings. The van der Waals surface area contributed by atoms with Gasteiger partial charge in [-0.05, 0) is 18.2 Å². The van der Waals surface area contributed by atoms with E-state index in [4.69, 9.17) is 63.8 Å². The second kappa shape index (κ2) is 25.0. The fourth-order valence-electron chi connectivity index (χ4n) is 7.02. The molecule has 0 aromatic carbocycles. The van der Waals surface area contributed by atoms with Crippen molar-refractivity contribution in [2.75, 3.05) is 18.9 Å². The minimum absolute atomic E-state index is 0.0266. The van der Waals surface area contributed by atoms with Gasteiger partial charge in [0.1, 0.15) is 54.7 Å². The largest absolute Gasteiger partial charge is 0.481 e. The number of alkyl halides is 1. The number of rotatable bonds is 26. The zero-order valence-electron chi connectivity index (χ0n) is 35.8. The number of carbonyl (C=O) groups is 4. The molecule has 2 aromatic heterocycles. The third kappa shape index (κ3) is 15.9. The first-order valence-electron chi connectivity index (χ1n) is 20.8. The number of carbonyl (C=O) groups excluding carboxylic acids is 4. The maximum atomic E-state index is 16.1. The van der Waals surface area contributed by atoms with Crippen LogP contribution in [0.1, 0.15) is 117 Å². The quantitative estimate of drug-likeness (QED) is 0.0387. The van der Waals surface area contributed by atoms with Gasteiger partial charge in [0.15, 0.2) is 30.3 Å². The molecule has 4 heterocycles. The number of phosphoric acid groups is 1. The van der Waals surface area contributed by atoms with Gasteiger partial charge in [-0.25, -0.2) is 23.2 Å². The van der Waals surface area contributed by atoms with E-state index in [1.54, 1.807) is 0 Å². The summed E-state index contributed by atoms with van der Waals surface area (Å²) in [5.74, 6) is -4.06. The lowest BCUT2D eigenvalue weighted by molar-refractivity contribution is -0.296. The number of anilines is 1. The monoisotopic (exact) mass is 974 g/mol. The number of aliphatic hydroxyl groups excluding tert-OH is 2. The number of nitrogens with two attached hydrogens (primary N) is 1. The van der Waals surface area contributed by atoms with Crippen LogP contribution in [0, 0.1) is 0 Å². The van der Waals surface area contributed by atoms with Crippen molar-refractivity contribution in [2.24, 2.45) is 0 Å². The number of ether oxygens (including phenoxy) is 6. The van der Waals surface area contributed by atoms with E-state index in [9.17, 15) is 43.7 Å². The van der Waals surface area contributed by atoms with E-state index < -0.39 is 113 Å². The number of esters is 4. The highest BCUT2D eigenvalue weighted by Crippen LogP contribution is 2.62. The Bertz CT molecular complexity index is 1970.